The zero-order valence-electron chi connectivity index (χ0n) is 14.3. The van der Waals surface area contributed by atoms with E-state index in [0.29, 0.717) is 24.2 Å². The number of carbonyl (C=O) groups is 2. The van der Waals surface area contributed by atoms with E-state index in [4.69, 9.17) is 4.74 Å². The van der Waals surface area contributed by atoms with Gasteiger partial charge < -0.3 is 10.1 Å². The van der Waals surface area contributed by atoms with Crippen molar-refractivity contribution in [2.75, 3.05) is 10.6 Å². The first-order valence-electron chi connectivity index (χ1n) is 8.07. The van der Waals surface area contributed by atoms with E-state index in [1.165, 1.54) is 0 Å². The van der Waals surface area contributed by atoms with Gasteiger partial charge in [0.2, 0.25) is 5.91 Å². The highest BCUT2D eigenvalue weighted by Crippen LogP contribution is 2.38. The molecule has 0 aromatic heterocycles. The Hall–Kier alpha value is -2.55. The molecule has 1 aromatic rings. The number of benzene rings is 1. The van der Waals surface area contributed by atoms with Gasteiger partial charge in [-0.25, -0.2) is 4.79 Å². The van der Waals surface area contributed by atoms with Gasteiger partial charge in [0.15, 0.2) is 0 Å². The van der Waals surface area contributed by atoms with Crippen molar-refractivity contribution in [1.82, 2.24) is 0 Å². The normalized spacial score (nSPS) is 16.1. The number of carbonyl (C=O) groups excluding carboxylic acids is 2. The SMILES string of the molecule is CC(C)(C)OC(=O)Nc1ccc(NC(=O)C2(C#N)CCCC2)cc1. The summed E-state index contributed by atoms with van der Waals surface area (Å²) < 4.78 is 5.18. The summed E-state index contributed by atoms with van der Waals surface area (Å²) in [7, 11) is 0. The lowest BCUT2D eigenvalue weighted by atomic mass is 9.87. The van der Waals surface area contributed by atoms with Crippen molar-refractivity contribution in [3.05, 3.63) is 24.3 Å². The molecule has 6 heteroatoms. The fourth-order valence-electron chi connectivity index (χ4n) is 2.68. The van der Waals surface area contributed by atoms with Crippen LogP contribution in [0, 0.1) is 16.7 Å². The highest BCUT2D eigenvalue weighted by Gasteiger charge is 2.41. The number of rotatable bonds is 3. The first-order valence-corrected chi connectivity index (χ1v) is 8.07. The quantitative estimate of drug-likeness (QED) is 0.875. The molecular weight excluding hydrogens is 306 g/mol. The Bertz CT molecular complexity index is 648. The maximum Gasteiger partial charge on any atom is 0.412 e. The fraction of sp³-hybridized carbons (Fsp3) is 0.500. The van der Waals surface area contributed by atoms with Gasteiger partial charge in [0.25, 0.3) is 0 Å². The molecule has 1 aliphatic carbocycles. The van der Waals surface area contributed by atoms with Crippen LogP contribution in [0.15, 0.2) is 24.3 Å². The molecule has 0 aliphatic heterocycles. The van der Waals surface area contributed by atoms with Crippen LogP contribution in [0.1, 0.15) is 46.5 Å². The van der Waals surface area contributed by atoms with E-state index in [1.54, 1.807) is 45.0 Å². The van der Waals surface area contributed by atoms with Crippen molar-refractivity contribution in [2.45, 2.75) is 52.1 Å². The lowest BCUT2D eigenvalue weighted by molar-refractivity contribution is -0.122. The van der Waals surface area contributed by atoms with E-state index in [-0.39, 0.29) is 5.91 Å². The van der Waals surface area contributed by atoms with E-state index in [1.807, 2.05) is 0 Å². The predicted octanol–water partition coefficient (Wildman–Crippen LogP) is 4.06. The first kappa shape index (κ1) is 17.8. The number of anilines is 2. The summed E-state index contributed by atoms with van der Waals surface area (Å²) in [6.07, 6.45) is 2.48. The maximum atomic E-state index is 12.4. The first-order chi connectivity index (χ1) is 11.2. The van der Waals surface area contributed by atoms with Gasteiger partial charge in [0, 0.05) is 11.4 Å². The maximum absolute atomic E-state index is 12.4. The van der Waals surface area contributed by atoms with Gasteiger partial charge in [-0.3, -0.25) is 10.1 Å². The van der Waals surface area contributed by atoms with Crippen LogP contribution in [-0.4, -0.2) is 17.6 Å². The second kappa shape index (κ2) is 6.91. The third-order valence-corrected chi connectivity index (χ3v) is 3.89. The minimum Gasteiger partial charge on any atom is -0.444 e. The van der Waals surface area contributed by atoms with Crippen LogP contribution in [0.4, 0.5) is 16.2 Å². The number of nitriles is 1. The van der Waals surface area contributed by atoms with Gasteiger partial charge in [-0.1, -0.05) is 12.8 Å². The van der Waals surface area contributed by atoms with E-state index < -0.39 is 17.1 Å². The Morgan fingerprint density at radius 2 is 1.58 bits per heavy atom. The predicted molar refractivity (Wildman–Crippen MR) is 91.4 cm³/mol. The molecule has 0 saturated heterocycles. The Morgan fingerprint density at radius 1 is 1.08 bits per heavy atom. The molecule has 2 N–H and O–H groups in total. The van der Waals surface area contributed by atoms with Gasteiger partial charge in [-0.2, -0.15) is 5.26 Å². The number of ether oxygens (including phenoxy) is 1. The van der Waals surface area contributed by atoms with Gasteiger partial charge in [-0.15, -0.1) is 0 Å². The second-order valence-corrected chi connectivity index (χ2v) is 7.06. The third-order valence-electron chi connectivity index (χ3n) is 3.89. The Labute approximate surface area is 142 Å². The molecule has 1 saturated carbocycles. The minimum absolute atomic E-state index is 0.254. The molecule has 0 unspecified atom stereocenters. The summed E-state index contributed by atoms with van der Waals surface area (Å²) in [6.45, 7) is 5.37. The summed E-state index contributed by atoms with van der Waals surface area (Å²) in [5.41, 5.74) is -0.312. The van der Waals surface area contributed by atoms with Crippen LogP contribution in [-0.2, 0) is 9.53 Å². The van der Waals surface area contributed by atoms with Gasteiger partial charge >= 0.3 is 6.09 Å². The van der Waals surface area contributed by atoms with Crippen LogP contribution in [0.3, 0.4) is 0 Å². The summed E-state index contributed by atoms with van der Waals surface area (Å²) in [6, 6.07) is 8.89. The lowest BCUT2D eigenvalue weighted by Crippen LogP contribution is -2.32. The largest absolute Gasteiger partial charge is 0.444 e. The monoisotopic (exact) mass is 329 g/mol. The fourth-order valence-corrected chi connectivity index (χ4v) is 2.68. The van der Waals surface area contributed by atoms with Crippen LogP contribution in [0.2, 0.25) is 0 Å². The number of hydrogen-bond donors (Lipinski definition) is 2. The van der Waals surface area contributed by atoms with Crippen LogP contribution >= 0.6 is 0 Å². The summed E-state index contributed by atoms with van der Waals surface area (Å²) in [5, 5.41) is 14.7. The molecule has 0 radical (unpaired) electrons. The highest BCUT2D eigenvalue weighted by molar-refractivity contribution is 5.97. The minimum atomic E-state index is -0.909. The smallest absolute Gasteiger partial charge is 0.412 e. The van der Waals surface area contributed by atoms with Crippen LogP contribution in [0.5, 0.6) is 0 Å². The zero-order chi connectivity index (χ0) is 17.8. The molecule has 128 valence electrons. The molecular formula is C18H23N3O3. The molecule has 0 spiro atoms. The second-order valence-electron chi connectivity index (χ2n) is 7.06. The molecule has 6 nitrogen and oxygen atoms in total. The summed E-state index contributed by atoms with van der Waals surface area (Å²) in [5.74, 6) is -0.254. The van der Waals surface area contributed by atoms with Gasteiger partial charge in [0.1, 0.15) is 11.0 Å². The van der Waals surface area contributed by atoms with Crippen LogP contribution in [0.25, 0.3) is 0 Å². The topological polar surface area (TPSA) is 91.2 Å². The number of nitrogens with one attached hydrogen (secondary N) is 2. The van der Waals surface area contributed by atoms with Crippen molar-refractivity contribution in [2.24, 2.45) is 5.41 Å². The molecule has 24 heavy (non-hydrogen) atoms. The lowest BCUT2D eigenvalue weighted by Gasteiger charge is -2.20. The molecule has 0 atom stereocenters. The van der Waals surface area contributed by atoms with Crippen molar-refractivity contribution in [1.29, 1.82) is 5.26 Å². The summed E-state index contributed by atoms with van der Waals surface area (Å²) >= 11 is 0. The van der Waals surface area contributed by atoms with Crippen molar-refractivity contribution >= 4 is 23.4 Å². The Morgan fingerprint density at radius 3 is 2.04 bits per heavy atom. The van der Waals surface area contributed by atoms with Gasteiger partial charge in [-0.05, 0) is 57.9 Å². The molecule has 2 amide bonds. The molecule has 1 aliphatic rings. The van der Waals surface area contributed by atoms with Crippen molar-refractivity contribution < 1.29 is 14.3 Å². The van der Waals surface area contributed by atoms with E-state index >= 15 is 0 Å². The third kappa shape index (κ3) is 4.48. The average molecular weight is 329 g/mol. The highest BCUT2D eigenvalue weighted by atomic mass is 16.6. The number of hydrogen-bond acceptors (Lipinski definition) is 4. The zero-order valence-corrected chi connectivity index (χ0v) is 14.3. The van der Waals surface area contributed by atoms with Gasteiger partial charge in [0.05, 0.1) is 6.07 Å². The van der Waals surface area contributed by atoms with Crippen LogP contribution < -0.4 is 10.6 Å². The van der Waals surface area contributed by atoms with E-state index in [0.717, 1.165) is 12.8 Å². The molecule has 0 bridgehead atoms. The summed E-state index contributed by atoms with van der Waals surface area (Å²) in [4.78, 5) is 24.1. The number of amides is 2. The average Bonchev–Trinajstić information content (AvgIpc) is 2.97. The Balaban J connectivity index is 1.96. The number of nitrogens with zero attached hydrogens (tertiary/aromatic N) is 1. The molecule has 2 rings (SSSR count). The van der Waals surface area contributed by atoms with E-state index in [2.05, 4.69) is 16.7 Å². The molecule has 0 heterocycles. The van der Waals surface area contributed by atoms with Crippen molar-refractivity contribution in [3.63, 3.8) is 0 Å². The van der Waals surface area contributed by atoms with Crippen molar-refractivity contribution in [3.8, 4) is 6.07 Å². The van der Waals surface area contributed by atoms with E-state index in [9.17, 15) is 14.9 Å². The standard InChI is InChI=1S/C18H23N3O3/c1-17(2,3)24-16(23)21-14-8-6-13(7-9-14)20-15(22)18(12-19)10-4-5-11-18/h6-9H,4-5,10-11H2,1-3H3,(H,20,22)(H,21,23). The molecule has 1 fully saturated rings. The Kier molecular flexibility index (Phi) is 5.13. The molecule has 1 aromatic carbocycles.